The zero-order chi connectivity index (χ0) is 9.80. The second kappa shape index (κ2) is 4.58. The van der Waals surface area contributed by atoms with Crippen LogP contribution >= 0.6 is 0 Å². The highest BCUT2D eigenvalue weighted by molar-refractivity contribution is 5.14. The van der Waals surface area contributed by atoms with Crippen LogP contribution in [0, 0.1) is 0 Å². The predicted molar refractivity (Wildman–Crippen MR) is 57.2 cm³/mol. The Hall–Kier alpha value is -0.860. The van der Waals surface area contributed by atoms with Gasteiger partial charge in [0.25, 0.3) is 0 Å². The summed E-state index contributed by atoms with van der Waals surface area (Å²) in [6.07, 6.45) is 1.94. The molecule has 0 bridgehead atoms. The quantitative estimate of drug-likeness (QED) is 0.778. The van der Waals surface area contributed by atoms with E-state index in [0.29, 0.717) is 0 Å². The van der Waals surface area contributed by atoms with E-state index in [0.717, 1.165) is 32.5 Å². The molecule has 2 nitrogen and oxygen atoms in total. The first-order valence-corrected chi connectivity index (χ1v) is 5.29. The fourth-order valence-corrected chi connectivity index (χ4v) is 1.95. The zero-order valence-electron chi connectivity index (χ0n) is 8.39. The number of likely N-dealkylation sites (tertiary alicyclic amines) is 1. The van der Waals surface area contributed by atoms with Crippen molar-refractivity contribution in [3.05, 3.63) is 35.9 Å². The Morgan fingerprint density at radius 3 is 2.71 bits per heavy atom. The number of hydrogen-bond donors (Lipinski definition) is 1. The monoisotopic (exact) mass is 191 g/mol. The van der Waals surface area contributed by atoms with Gasteiger partial charge in [-0.2, -0.15) is 0 Å². The van der Waals surface area contributed by atoms with Gasteiger partial charge in [-0.3, -0.25) is 0 Å². The maximum absolute atomic E-state index is 9.36. The molecule has 14 heavy (non-hydrogen) atoms. The molecule has 0 spiro atoms. The number of aliphatic hydroxyl groups excluding tert-OH is 1. The summed E-state index contributed by atoms with van der Waals surface area (Å²) in [5.74, 6) is 0. The van der Waals surface area contributed by atoms with Gasteiger partial charge in [0.05, 0.1) is 6.10 Å². The molecular formula is C12H17NO. The van der Waals surface area contributed by atoms with Crippen LogP contribution in [0.25, 0.3) is 0 Å². The van der Waals surface area contributed by atoms with Crippen LogP contribution in [0.3, 0.4) is 0 Å². The van der Waals surface area contributed by atoms with Crippen molar-refractivity contribution in [3.63, 3.8) is 0 Å². The molecule has 1 saturated heterocycles. The Morgan fingerprint density at radius 1 is 1.29 bits per heavy atom. The van der Waals surface area contributed by atoms with Gasteiger partial charge < -0.3 is 10.0 Å². The summed E-state index contributed by atoms with van der Waals surface area (Å²) in [6.45, 7) is 2.97. The predicted octanol–water partition coefficient (Wildman–Crippen LogP) is 1.30. The first kappa shape index (κ1) is 9.69. The van der Waals surface area contributed by atoms with Gasteiger partial charge in [0.15, 0.2) is 0 Å². The standard InChI is InChI=1S/C12H17NO/c14-12-7-9-13(10-12)8-6-11-4-2-1-3-5-11/h1-5,12,14H,6-10H2. The van der Waals surface area contributed by atoms with E-state index in [4.69, 9.17) is 0 Å². The lowest BCUT2D eigenvalue weighted by Gasteiger charge is -2.14. The molecule has 1 aliphatic heterocycles. The average Bonchev–Trinajstić information content (AvgIpc) is 2.63. The average molecular weight is 191 g/mol. The highest BCUT2D eigenvalue weighted by Gasteiger charge is 2.19. The third-order valence-electron chi connectivity index (χ3n) is 2.81. The molecule has 0 aliphatic carbocycles. The number of nitrogens with zero attached hydrogens (tertiary/aromatic N) is 1. The van der Waals surface area contributed by atoms with E-state index >= 15 is 0 Å². The molecule has 2 heteroatoms. The summed E-state index contributed by atoms with van der Waals surface area (Å²) in [4.78, 5) is 2.33. The van der Waals surface area contributed by atoms with Crippen LogP contribution in [0.1, 0.15) is 12.0 Å². The second-order valence-corrected chi connectivity index (χ2v) is 3.98. The van der Waals surface area contributed by atoms with Crippen LogP contribution in [0.4, 0.5) is 0 Å². The second-order valence-electron chi connectivity index (χ2n) is 3.98. The molecule has 1 heterocycles. The first-order valence-electron chi connectivity index (χ1n) is 5.29. The van der Waals surface area contributed by atoms with E-state index < -0.39 is 0 Å². The lowest BCUT2D eigenvalue weighted by atomic mass is 10.1. The molecule has 0 amide bonds. The maximum Gasteiger partial charge on any atom is 0.0679 e. The van der Waals surface area contributed by atoms with Crippen LogP contribution in [-0.2, 0) is 6.42 Å². The fraction of sp³-hybridized carbons (Fsp3) is 0.500. The highest BCUT2D eigenvalue weighted by atomic mass is 16.3. The number of rotatable bonds is 3. The van der Waals surface area contributed by atoms with Gasteiger partial charge in [0.2, 0.25) is 0 Å². The van der Waals surface area contributed by atoms with E-state index in [9.17, 15) is 5.11 Å². The Morgan fingerprint density at radius 2 is 2.07 bits per heavy atom. The van der Waals surface area contributed by atoms with Crippen molar-refractivity contribution in [1.29, 1.82) is 0 Å². The molecule has 1 unspecified atom stereocenters. The van der Waals surface area contributed by atoms with Crippen molar-refractivity contribution >= 4 is 0 Å². The van der Waals surface area contributed by atoms with Crippen molar-refractivity contribution in [3.8, 4) is 0 Å². The van der Waals surface area contributed by atoms with Gasteiger partial charge in [-0.1, -0.05) is 30.3 Å². The van der Waals surface area contributed by atoms with Gasteiger partial charge in [-0.05, 0) is 18.4 Å². The molecule has 0 radical (unpaired) electrons. The fourth-order valence-electron chi connectivity index (χ4n) is 1.95. The molecule has 0 aromatic heterocycles. The van der Waals surface area contributed by atoms with Gasteiger partial charge in [0, 0.05) is 19.6 Å². The molecule has 1 aromatic rings. The SMILES string of the molecule is OC1CCN(CCc2ccccc2)C1. The Balaban J connectivity index is 1.78. The van der Waals surface area contributed by atoms with Gasteiger partial charge in [-0.25, -0.2) is 0 Å². The van der Waals surface area contributed by atoms with Gasteiger partial charge in [0.1, 0.15) is 0 Å². The number of β-amino-alcohol motifs (C(OH)–C–C–N with tert-alkyl or cyclic N) is 1. The van der Waals surface area contributed by atoms with Crippen molar-refractivity contribution in [2.24, 2.45) is 0 Å². The van der Waals surface area contributed by atoms with Gasteiger partial charge in [-0.15, -0.1) is 0 Å². The Kier molecular flexibility index (Phi) is 3.17. The first-order chi connectivity index (χ1) is 6.84. The highest BCUT2D eigenvalue weighted by Crippen LogP contribution is 2.09. The van der Waals surface area contributed by atoms with Crippen molar-refractivity contribution in [2.75, 3.05) is 19.6 Å². The van der Waals surface area contributed by atoms with E-state index in [1.807, 2.05) is 6.07 Å². The zero-order valence-corrected chi connectivity index (χ0v) is 8.39. The lowest BCUT2D eigenvalue weighted by Crippen LogP contribution is -2.24. The number of hydrogen-bond acceptors (Lipinski definition) is 2. The summed E-state index contributed by atoms with van der Waals surface area (Å²) in [6, 6.07) is 10.5. The van der Waals surface area contributed by atoms with Crippen LogP contribution < -0.4 is 0 Å². The molecule has 1 fully saturated rings. The Labute approximate surface area is 85.2 Å². The summed E-state index contributed by atoms with van der Waals surface area (Å²) >= 11 is 0. The summed E-state index contributed by atoms with van der Waals surface area (Å²) in [5.41, 5.74) is 1.38. The summed E-state index contributed by atoms with van der Waals surface area (Å²) < 4.78 is 0. The normalized spacial score (nSPS) is 22.8. The Bertz CT molecular complexity index is 273. The molecule has 0 saturated carbocycles. The largest absolute Gasteiger partial charge is 0.392 e. The van der Waals surface area contributed by atoms with Crippen LogP contribution in [0.15, 0.2) is 30.3 Å². The minimum absolute atomic E-state index is 0.0919. The summed E-state index contributed by atoms with van der Waals surface area (Å²) in [5, 5.41) is 9.36. The topological polar surface area (TPSA) is 23.5 Å². The number of benzene rings is 1. The summed E-state index contributed by atoms with van der Waals surface area (Å²) in [7, 11) is 0. The molecule has 1 aromatic carbocycles. The van der Waals surface area contributed by atoms with Crippen LogP contribution in [-0.4, -0.2) is 35.7 Å². The molecule has 76 valence electrons. The van der Waals surface area contributed by atoms with Gasteiger partial charge >= 0.3 is 0 Å². The minimum Gasteiger partial charge on any atom is -0.392 e. The van der Waals surface area contributed by atoms with E-state index in [1.165, 1.54) is 5.56 Å². The van der Waals surface area contributed by atoms with Crippen LogP contribution in [0.2, 0.25) is 0 Å². The molecule has 1 aliphatic rings. The lowest BCUT2D eigenvalue weighted by molar-refractivity contribution is 0.177. The smallest absolute Gasteiger partial charge is 0.0679 e. The van der Waals surface area contributed by atoms with E-state index in [-0.39, 0.29) is 6.10 Å². The molecule has 2 rings (SSSR count). The van der Waals surface area contributed by atoms with E-state index in [1.54, 1.807) is 0 Å². The van der Waals surface area contributed by atoms with Crippen molar-refractivity contribution in [2.45, 2.75) is 18.9 Å². The maximum atomic E-state index is 9.36. The van der Waals surface area contributed by atoms with Crippen molar-refractivity contribution < 1.29 is 5.11 Å². The molecule has 1 atom stereocenters. The van der Waals surface area contributed by atoms with Crippen LogP contribution in [0.5, 0.6) is 0 Å². The van der Waals surface area contributed by atoms with Crippen molar-refractivity contribution in [1.82, 2.24) is 4.90 Å². The third kappa shape index (κ3) is 2.56. The molecule has 1 N–H and O–H groups in total. The minimum atomic E-state index is -0.0919. The molecular weight excluding hydrogens is 174 g/mol. The third-order valence-corrected chi connectivity index (χ3v) is 2.81. The van der Waals surface area contributed by atoms with E-state index in [2.05, 4.69) is 29.2 Å². The number of aliphatic hydroxyl groups is 1.